The van der Waals surface area contributed by atoms with E-state index in [9.17, 15) is 10.1 Å². The molecule has 0 spiro atoms. The summed E-state index contributed by atoms with van der Waals surface area (Å²) >= 11 is 0. The van der Waals surface area contributed by atoms with E-state index in [4.69, 9.17) is 4.74 Å². The average molecular weight is 322 g/mol. The third kappa shape index (κ3) is 2.24. The summed E-state index contributed by atoms with van der Waals surface area (Å²) in [5.41, 5.74) is 3.24. The molecular weight excluding hydrogens is 304 g/mol. The largest absolute Gasteiger partial charge is 0.496 e. The van der Waals surface area contributed by atoms with E-state index in [1.165, 1.54) is 0 Å². The number of non-ortho nitro benzene ring substituents is 1. The highest BCUT2D eigenvalue weighted by Gasteiger charge is 2.39. The van der Waals surface area contributed by atoms with Gasteiger partial charge < -0.3 is 10.1 Å². The molecule has 0 fully saturated rings. The van der Waals surface area contributed by atoms with Crippen molar-refractivity contribution < 1.29 is 9.66 Å². The van der Waals surface area contributed by atoms with Gasteiger partial charge in [-0.3, -0.25) is 10.1 Å². The van der Waals surface area contributed by atoms with E-state index in [1.807, 2.05) is 24.3 Å². The molecule has 0 amide bonds. The Hall–Kier alpha value is -2.82. The Morgan fingerprint density at radius 1 is 1.21 bits per heavy atom. The summed E-state index contributed by atoms with van der Waals surface area (Å²) in [6.45, 7) is 0. The van der Waals surface area contributed by atoms with Crippen LogP contribution in [0.3, 0.4) is 0 Å². The molecule has 1 heterocycles. The van der Waals surface area contributed by atoms with Crippen LogP contribution in [0.25, 0.3) is 0 Å². The molecule has 2 aliphatic rings. The predicted octanol–water partition coefficient (Wildman–Crippen LogP) is 4.43. The lowest BCUT2D eigenvalue weighted by Crippen LogP contribution is -2.29. The molecule has 0 radical (unpaired) electrons. The first-order valence-corrected chi connectivity index (χ1v) is 8.03. The number of fused-ring (bicyclic) bond motifs is 3. The highest BCUT2D eigenvalue weighted by molar-refractivity contribution is 5.63. The van der Waals surface area contributed by atoms with Crippen LogP contribution in [-0.4, -0.2) is 12.0 Å². The van der Waals surface area contributed by atoms with Gasteiger partial charge in [0, 0.05) is 29.3 Å². The van der Waals surface area contributed by atoms with E-state index >= 15 is 0 Å². The fourth-order valence-electron chi connectivity index (χ4n) is 3.93. The smallest absolute Gasteiger partial charge is 0.269 e. The van der Waals surface area contributed by atoms with Gasteiger partial charge in [0.2, 0.25) is 0 Å². The van der Waals surface area contributed by atoms with Crippen LogP contribution in [0.2, 0.25) is 0 Å². The van der Waals surface area contributed by atoms with Crippen molar-refractivity contribution in [1.29, 1.82) is 0 Å². The summed E-state index contributed by atoms with van der Waals surface area (Å²) in [4.78, 5) is 10.8. The van der Waals surface area contributed by atoms with Crippen LogP contribution in [0.1, 0.15) is 29.5 Å². The maximum Gasteiger partial charge on any atom is 0.269 e. The van der Waals surface area contributed by atoms with Crippen molar-refractivity contribution in [3.8, 4) is 5.75 Å². The standard InChI is InChI=1S/C19H18N2O3/c1-24-18-8-3-2-5-15(18)19-14-7-4-6-13(14)16-11-12(21(22)23)9-10-17(16)20-19/h2-6,8-11,13-14,19-20H,7H2,1H3/t13-,14-,19-/m1/s1. The summed E-state index contributed by atoms with van der Waals surface area (Å²) in [7, 11) is 1.68. The summed E-state index contributed by atoms with van der Waals surface area (Å²) in [5, 5.41) is 14.7. The molecule has 1 N–H and O–H groups in total. The molecule has 2 aromatic rings. The van der Waals surface area contributed by atoms with Crippen LogP contribution in [0.5, 0.6) is 5.75 Å². The van der Waals surface area contributed by atoms with Crippen molar-refractivity contribution >= 4 is 11.4 Å². The molecule has 0 unspecified atom stereocenters. The van der Waals surface area contributed by atoms with Gasteiger partial charge in [0.05, 0.1) is 18.1 Å². The minimum atomic E-state index is -0.333. The van der Waals surface area contributed by atoms with Gasteiger partial charge in [0.15, 0.2) is 0 Å². The minimum Gasteiger partial charge on any atom is -0.496 e. The predicted molar refractivity (Wildman–Crippen MR) is 92.4 cm³/mol. The fraction of sp³-hybridized carbons (Fsp3) is 0.263. The zero-order valence-electron chi connectivity index (χ0n) is 13.3. The molecule has 0 saturated carbocycles. The number of hydrogen-bond donors (Lipinski definition) is 1. The first kappa shape index (κ1) is 14.8. The molecule has 24 heavy (non-hydrogen) atoms. The Kier molecular flexibility index (Phi) is 3.49. The Bertz CT molecular complexity index is 831. The number of allylic oxidation sites excluding steroid dienone is 2. The van der Waals surface area contributed by atoms with Crippen LogP contribution < -0.4 is 10.1 Å². The highest BCUT2D eigenvalue weighted by Crippen LogP contribution is 2.51. The van der Waals surface area contributed by atoms with Crippen molar-refractivity contribution in [2.75, 3.05) is 12.4 Å². The first-order valence-electron chi connectivity index (χ1n) is 8.03. The second-order valence-electron chi connectivity index (χ2n) is 6.25. The lowest BCUT2D eigenvalue weighted by molar-refractivity contribution is -0.384. The summed E-state index contributed by atoms with van der Waals surface area (Å²) in [6, 6.07) is 13.2. The minimum absolute atomic E-state index is 0.120. The van der Waals surface area contributed by atoms with Crippen molar-refractivity contribution in [2.24, 2.45) is 5.92 Å². The summed E-state index contributed by atoms with van der Waals surface area (Å²) in [5.74, 6) is 1.39. The Morgan fingerprint density at radius 2 is 2.04 bits per heavy atom. The third-order valence-electron chi connectivity index (χ3n) is 5.03. The number of anilines is 1. The molecule has 0 bridgehead atoms. The molecule has 1 aliphatic heterocycles. The zero-order chi connectivity index (χ0) is 16.7. The summed E-state index contributed by atoms with van der Waals surface area (Å²) < 4.78 is 5.54. The molecule has 2 aromatic carbocycles. The van der Waals surface area contributed by atoms with Gasteiger partial charge in [0.1, 0.15) is 5.75 Å². The van der Waals surface area contributed by atoms with Crippen LogP contribution in [-0.2, 0) is 0 Å². The highest BCUT2D eigenvalue weighted by atomic mass is 16.6. The number of nitrogens with one attached hydrogen (secondary N) is 1. The Balaban J connectivity index is 1.80. The Labute approximate surface area is 140 Å². The van der Waals surface area contributed by atoms with Crippen LogP contribution in [0.15, 0.2) is 54.6 Å². The van der Waals surface area contributed by atoms with E-state index in [1.54, 1.807) is 19.2 Å². The SMILES string of the molecule is COc1ccccc1[C@@H]1Nc2ccc([N+](=O)[O-])cc2[C@@H]2C=CC[C@H]21. The second-order valence-corrected chi connectivity index (χ2v) is 6.25. The molecule has 1 aliphatic carbocycles. The van der Waals surface area contributed by atoms with Crippen molar-refractivity contribution in [1.82, 2.24) is 0 Å². The van der Waals surface area contributed by atoms with E-state index in [0.717, 1.165) is 29.0 Å². The van der Waals surface area contributed by atoms with Crippen molar-refractivity contribution in [3.05, 3.63) is 75.9 Å². The molecule has 4 rings (SSSR count). The average Bonchev–Trinajstić information content (AvgIpc) is 3.10. The molecule has 0 aromatic heterocycles. The van der Waals surface area contributed by atoms with Gasteiger partial charge in [0.25, 0.3) is 5.69 Å². The lowest BCUT2D eigenvalue weighted by atomic mass is 9.76. The number of ether oxygens (including phenoxy) is 1. The molecule has 5 nitrogen and oxygen atoms in total. The van der Waals surface area contributed by atoms with Gasteiger partial charge in [-0.05, 0) is 30.0 Å². The van der Waals surface area contributed by atoms with Gasteiger partial charge in [-0.15, -0.1) is 0 Å². The number of nitrogens with zero attached hydrogens (tertiary/aromatic N) is 1. The maximum atomic E-state index is 11.1. The number of nitro benzene ring substituents is 1. The second kappa shape index (κ2) is 5.67. The van der Waals surface area contributed by atoms with Crippen LogP contribution in [0.4, 0.5) is 11.4 Å². The van der Waals surface area contributed by atoms with Gasteiger partial charge in [-0.2, -0.15) is 0 Å². The van der Waals surface area contributed by atoms with Gasteiger partial charge >= 0.3 is 0 Å². The fourth-order valence-corrected chi connectivity index (χ4v) is 3.93. The van der Waals surface area contributed by atoms with Gasteiger partial charge in [-0.1, -0.05) is 30.4 Å². The van der Waals surface area contributed by atoms with E-state index in [-0.39, 0.29) is 22.6 Å². The molecule has 122 valence electrons. The zero-order valence-corrected chi connectivity index (χ0v) is 13.3. The van der Waals surface area contributed by atoms with Crippen LogP contribution in [0, 0.1) is 16.0 Å². The number of nitro groups is 1. The number of benzene rings is 2. The molecule has 5 heteroatoms. The molecule has 3 atom stereocenters. The molecule has 0 saturated heterocycles. The number of para-hydroxylation sites is 1. The quantitative estimate of drug-likeness (QED) is 0.516. The van der Waals surface area contributed by atoms with Gasteiger partial charge in [-0.25, -0.2) is 0 Å². The maximum absolute atomic E-state index is 11.1. The van der Waals surface area contributed by atoms with E-state index < -0.39 is 0 Å². The van der Waals surface area contributed by atoms with Crippen molar-refractivity contribution in [3.63, 3.8) is 0 Å². The normalized spacial score (nSPS) is 24.0. The lowest BCUT2D eigenvalue weighted by Gasteiger charge is -2.37. The topological polar surface area (TPSA) is 64.4 Å². The summed E-state index contributed by atoms with van der Waals surface area (Å²) in [6.07, 6.45) is 5.30. The number of rotatable bonds is 3. The number of hydrogen-bond acceptors (Lipinski definition) is 4. The van der Waals surface area contributed by atoms with E-state index in [0.29, 0.717) is 5.92 Å². The number of methoxy groups -OCH3 is 1. The van der Waals surface area contributed by atoms with Crippen LogP contribution >= 0.6 is 0 Å². The van der Waals surface area contributed by atoms with E-state index in [2.05, 4.69) is 23.5 Å². The first-order chi connectivity index (χ1) is 11.7. The Morgan fingerprint density at radius 3 is 2.83 bits per heavy atom. The molecular formula is C19H18N2O3. The third-order valence-corrected chi connectivity index (χ3v) is 5.03. The monoisotopic (exact) mass is 322 g/mol. The van der Waals surface area contributed by atoms with Crippen molar-refractivity contribution in [2.45, 2.75) is 18.4 Å².